The van der Waals surface area contributed by atoms with E-state index in [9.17, 15) is 4.79 Å². The molecular weight excluding hydrogens is 260 g/mol. The lowest BCUT2D eigenvalue weighted by Crippen LogP contribution is -2.07. The van der Waals surface area contributed by atoms with Gasteiger partial charge in [-0.2, -0.15) is 0 Å². The number of rotatable bonds is 3. The lowest BCUT2D eigenvalue weighted by Gasteiger charge is -2.12. The highest BCUT2D eigenvalue weighted by Gasteiger charge is 2.17. The lowest BCUT2D eigenvalue weighted by atomic mass is 9.96. The van der Waals surface area contributed by atoms with Crippen molar-refractivity contribution in [3.05, 3.63) is 63.7 Å². The van der Waals surface area contributed by atoms with Gasteiger partial charge in [-0.1, -0.05) is 29.8 Å². The van der Waals surface area contributed by atoms with Gasteiger partial charge in [0.1, 0.15) is 5.75 Å². The van der Waals surface area contributed by atoms with Crippen LogP contribution in [0.4, 0.5) is 0 Å². The first-order valence-electron chi connectivity index (χ1n) is 5.98. The van der Waals surface area contributed by atoms with Gasteiger partial charge in [-0.05, 0) is 43.2 Å². The molecule has 2 aromatic carbocycles. The van der Waals surface area contributed by atoms with Crippen LogP contribution in [0.25, 0.3) is 0 Å². The molecule has 0 atom stereocenters. The van der Waals surface area contributed by atoms with Crippen molar-refractivity contribution in [2.45, 2.75) is 13.8 Å². The van der Waals surface area contributed by atoms with E-state index >= 15 is 0 Å². The molecule has 0 aromatic heterocycles. The number of methoxy groups -OCH3 is 1. The minimum Gasteiger partial charge on any atom is -0.496 e. The first-order valence-corrected chi connectivity index (χ1v) is 6.36. The number of hydrogen-bond donors (Lipinski definition) is 0. The van der Waals surface area contributed by atoms with Gasteiger partial charge in [0.15, 0.2) is 5.78 Å². The molecule has 0 spiro atoms. The van der Waals surface area contributed by atoms with Crippen molar-refractivity contribution in [3.63, 3.8) is 0 Å². The molecule has 2 nitrogen and oxygen atoms in total. The van der Waals surface area contributed by atoms with Crippen molar-refractivity contribution in [1.82, 2.24) is 0 Å². The van der Waals surface area contributed by atoms with Crippen LogP contribution in [-0.2, 0) is 0 Å². The number of carbonyl (C=O) groups is 1. The predicted octanol–water partition coefficient (Wildman–Crippen LogP) is 4.20. The largest absolute Gasteiger partial charge is 0.496 e. The average molecular weight is 275 g/mol. The highest BCUT2D eigenvalue weighted by molar-refractivity contribution is 6.31. The molecule has 0 bridgehead atoms. The minimum absolute atomic E-state index is 0.0724. The van der Waals surface area contributed by atoms with Gasteiger partial charge in [0.2, 0.25) is 0 Å². The van der Waals surface area contributed by atoms with Crippen LogP contribution in [0, 0.1) is 13.8 Å². The third kappa shape index (κ3) is 2.79. The van der Waals surface area contributed by atoms with Gasteiger partial charge in [0.25, 0.3) is 0 Å². The van der Waals surface area contributed by atoms with E-state index in [1.165, 1.54) is 0 Å². The molecule has 2 rings (SSSR count). The summed E-state index contributed by atoms with van der Waals surface area (Å²) in [6, 6.07) is 10.8. The van der Waals surface area contributed by atoms with E-state index in [0.29, 0.717) is 21.9 Å². The second-order valence-electron chi connectivity index (χ2n) is 4.50. The van der Waals surface area contributed by atoms with Gasteiger partial charge in [0.05, 0.1) is 12.7 Å². The Morgan fingerprint density at radius 1 is 1.16 bits per heavy atom. The fraction of sp³-hybridized carbons (Fsp3) is 0.188. The second kappa shape index (κ2) is 5.45. The Labute approximate surface area is 118 Å². The molecule has 0 amide bonds. The van der Waals surface area contributed by atoms with Crippen molar-refractivity contribution in [2.24, 2.45) is 0 Å². The summed E-state index contributed by atoms with van der Waals surface area (Å²) in [5.74, 6) is 0.527. The number of hydrogen-bond acceptors (Lipinski definition) is 2. The molecule has 19 heavy (non-hydrogen) atoms. The quantitative estimate of drug-likeness (QED) is 0.784. The van der Waals surface area contributed by atoms with E-state index in [2.05, 4.69) is 0 Å². The van der Waals surface area contributed by atoms with E-state index in [0.717, 1.165) is 11.1 Å². The molecule has 0 saturated heterocycles. The molecule has 2 aromatic rings. The maximum absolute atomic E-state index is 12.6. The maximum atomic E-state index is 12.6. The highest BCUT2D eigenvalue weighted by Crippen LogP contribution is 2.27. The molecular formula is C16H15ClO2. The summed E-state index contributed by atoms with van der Waals surface area (Å²) in [4.78, 5) is 12.6. The number of benzene rings is 2. The summed E-state index contributed by atoms with van der Waals surface area (Å²) in [5.41, 5.74) is 3.13. The summed E-state index contributed by atoms with van der Waals surface area (Å²) in [6.45, 7) is 3.89. The van der Waals surface area contributed by atoms with Gasteiger partial charge in [0, 0.05) is 10.6 Å². The molecule has 3 heteroatoms. The van der Waals surface area contributed by atoms with Crippen LogP contribution in [0.5, 0.6) is 5.75 Å². The van der Waals surface area contributed by atoms with E-state index in [1.54, 1.807) is 31.4 Å². The van der Waals surface area contributed by atoms with Crippen LogP contribution in [0.2, 0.25) is 5.02 Å². The fourth-order valence-corrected chi connectivity index (χ4v) is 2.34. The SMILES string of the molecule is COc1cc(C)cc(C)c1C(=O)c1cccc(Cl)c1. The lowest BCUT2D eigenvalue weighted by molar-refractivity contribution is 0.103. The summed E-state index contributed by atoms with van der Waals surface area (Å²) < 4.78 is 5.33. The van der Waals surface area contributed by atoms with Crippen LogP contribution in [0.1, 0.15) is 27.0 Å². The summed E-state index contributed by atoms with van der Waals surface area (Å²) in [6.07, 6.45) is 0. The Morgan fingerprint density at radius 3 is 2.53 bits per heavy atom. The van der Waals surface area contributed by atoms with Crippen LogP contribution < -0.4 is 4.74 Å². The van der Waals surface area contributed by atoms with Crippen molar-refractivity contribution < 1.29 is 9.53 Å². The van der Waals surface area contributed by atoms with Crippen molar-refractivity contribution >= 4 is 17.4 Å². The normalized spacial score (nSPS) is 10.3. The zero-order valence-corrected chi connectivity index (χ0v) is 11.9. The molecule has 0 radical (unpaired) electrons. The molecule has 0 heterocycles. The number of aryl methyl sites for hydroxylation is 2. The third-order valence-electron chi connectivity index (χ3n) is 2.98. The summed E-state index contributed by atoms with van der Waals surface area (Å²) >= 11 is 5.93. The molecule has 0 saturated carbocycles. The van der Waals surface area contributed by atoms with E-state index < -0.39 is 0 Å². The van der Waals surface area contributed by atoms with Crippen molar-refractivity contribution in [2.75, 3.05) is 7.11 Å². The second-order valence-corrected chi connectivity index (χ2v) is 4.93. The van der Waals surface area contributed by atoms with E-state index in [-0.39, 0.29) is 5.78 Å². The Morgan fingerprint density at radius 2 is 1.89 bits per heavy atom. The maximum Gasteiger partial charge on any atom is 0.197 e. The predicted molar refractivity (Wildman–Crippen MR) is 77.4 cm³/mol. The topological polar surface area (TPSA) is 26.3 Å². The van der Waals surface area contributed by atoms with Gasteiger partial charge in [-0.15, -0.1) is 0 Å². The molecule has 0 aliphatic carbocycles. The smallest absolute Gasteiger partial charge is 0.197 e. The Bertz CT molecular complexity index is 633. The Hall–Kier alpha value is -1.80. The van der Waals surface area contributed by atoms with E-state index in [4.69, 9.17) is 16.3 Å². The molecule has 0 fully saturated rings. The standard InChI is InChI=1S/C16H15ClO2/c1-10-7-11(2)15(14(8-10)19-3)16(18)12-5-4-6-13(17)9-12/h4-9H,1-3H3. The summed E-state index contributed by atoms with van der Waals surface area (Å²) in [7, 11) is 1.57. The molecule has 0 aliphatic heterocycles. The van der Waals surface area contributed by atoms with Crippen LogP contribution in [0.15, 0.2) is 36.4 Å². The molecule has 0 unspecified atom stereocenters. The number of carbonyl (C=O) groups excluding carboxylic acids is 1. The monoisotopic (exact) mass is 274 g/mol. The minimum atomic E-state index is -0.0724. The fourth-order valence-electron chi connectivity index (χ4n) is 2.15. The number of halogens is 1. The van der Waals surface area contributed by atoms with Gasteiger partial charge < -0.3 is 4.74 Å². The third-order valence-corrected chi connectivity index (χ3v) is 3.21. The average Bonchev–Trinajstić information content (AvgIpc) is 2.37. The first-order chi connectivity index (χ1) is 9.02. The number of ketones is 1. The van der Waals surface area contributed by atoms with E-state index in [1.807, 2.05) is 26.0 Å². The van der Waals surface area contributed by atoms with Crippen LogP contribution in [-0.4, -0.2) is 12.9 Å². The van der Waals surface area contributed by atoms with Gasteiger partial charge in [-0.3, -0.25) is 4.79 Å². The first kappa shape index (κ1) is 13.6. The molecule has 0 aliphatic rings. The molecule has 98 valence electrons. The van der Waals surface area contributed by atoms with Crippen molar-refractivity contribution in [3.8, 4) is 5.75 Å². The highest BCUT2D eigenvalue weighted by atomic mass is 35.5. The zero-order chi connectivity index (χ0) is 14.0. The van der Waals surface area contributed by atoms with Crippen molar-refractivity contribution in [1.29, 1.82) is 0 Å². The van der Waals surface area contributed by atoms with Crippen LogP contribution >= 0.6 is 11.6 Å². The summed E-state index contributed by atoms with van der Waals surface area (Å²) in [5, 5.41) is 0.551. The zero-order valence-electron chi connectivity index (χ0n) is 11.2. The number of ether oxygens (including phenoxy) is 1. The Balaban J connectivity index is 2.56. The van der Waals surface area contributed by atoms with Crippen LogP contribution in [0.3, 0.4) is 0 Å². The molecule has 0 N–H and O–H groups in total. The Kier molecular flexibility index (Phi) is 3.91. The van der Waals surface area contributed by atoms with Gasteiger partial charge in [-0.25, -0.2) is 0 Å². The van der Waals surface area contributed by atoms with Gasteiger partial charge >= 0.3 is 0 Å².